The Morgan fingerprint density at radius 2 is 1.12 bits per heavy atom. The van der Waals surface area contributed by atoms with Gasteiger partial charge in [0.05, 0.1) is 12.0 Å². The second-order valence-corrected chi connectivity index (χ2v) is 7.05. The van der Waals surface area contributed by atoms with Crippen LogP contribution in [0.4, 0.5) is 30.7 Å². The molecule has 0 aliphatic heterocycles. The first kappa shape index (κ1) is 20.7. The molecule has 1 aromatic rings. The summed E-state index contributed by atoms with van der Waals surface area (Å²) in [6.07, 6.45) is -8.48. The highest BCUT2D eigenvalue weighted by molar-refractivity contribution is 5.30. The fraction of sp³-hybridized carbons (Fsp3) is 0.625. The first-order chi connectivity index (χ1) is 10.4. The summed E-state index contributed by atoms with van der Waals surface area (Å²) in [5, 5.41) is 10.1. The van der Waals surface area contributed by atoms with E-state index in [-0.39, 0.29) is 11.0 Å². The molecule has 1 unspecified atom stereocenters. The molecule has 1 aromatic carbocycles. The number of benzene rings is 1. The van der Waals surface area contributed by atoms with Gasteiger partial charge >= 0.3 is 18.0 Å². The molecule has 1 nitrogen and oxygen atoms in total. The number of rotatable bonds is 4. The van der Waals surface area contributed by atoms with Crippen molar-refractivity contribution in [1.29, 1.82) is 0 Å². The first-order valence-corrected chi connectivity index (χ1v) is 7.07. The van der Waals surface area contributed by atoms with Crippen LogP contribution in [-0.2, 0) is 11.0 Å². The normalized spacial score (nSPS) is 16.8. The van der Waals surface area contributed by atoms with Crippen molar-refractivity contribution in [2.75, 3.05) is 0 Å². The molecule has 0 aromatic heterocycles. The minimum atomic E-state index is -6.41. The molecule has 0 amide bonds. The Bertz CT molecular complexity index is 566. The lowest BCUT2D eigenvalue weighted by atomic mass is 9.83. The van der Waals surface area contributed by atoms with Gasteiger partial charge in [-0.2, -0.15) is 30.7 Å². The highest BCUT2D eigenvalue weighted by Gasteiger charge is 2.73. The van der Waals surface area contributed by atoms with Gasteiger partial charge < -0.3 is 5.11 Å². The van der Waals surface area contributed by atoms with Gasteiger partial charge in [-0.1, -0.05) is 45.0 Å². The van der Waals surface area contributed by atoms with Gasteiger partial charge in [-0.15, -0.1) is 0 Å². The molecule has 138 valence electrons. The van der Waals surface area contributed by atoms with Gasteiger partial charge in [-0.3, -0.25) is 0 Å². The summed E-state index contributed by atoms with van der Waals surface area (Å²) in [4.78, 5) is 0. The van der Waals surface area contributed by atoms with Crippen molar-refractivity contribution < 1.29 is 35.8 Å². The second kappa shape index (κ2) is 5.89. The Morgan fingerprint density at radius 1 is 0.750 bits per heavy atom. The van der Waals surface area contributed by atoms with Gasteiger partial charge in [-0.25, -0.2) is 0 Å². The third kappa shape index (κ3) is 4.02. The molecular formula is C16H19F7O. The van der Waals surface area contributed by atoms with Crippen molar-refractivity contribution in [3.8, 4) is 0 Å². The van der Waals surface area contributed by atoms with Crippen LogP contribution in [0.2, 0.25) is 0 Å². The molecule has 0 aliphatic carbocycles. The number of hydrogen-bond donors (Lipinski definition) is 1. The van der Waals surface area contributed by atoms with Crippen LogP contribution >= 0.6 is 0 Å². The van der Waals surface area contributed by atoms with E-state index in [1.54, 1.807) is 0 Å². The van der Waals surface area contributed by atoms with E-state index >= 15 is 0 Å². The lowest BCUT2D eigenvalue weighted by Gasteiger charge is -2.34. The lowest BCUT2D eigenvalue weighted by Crippen LogP contribution is -2.54. The zero-order valence-corrected chi connectivity index (χ0v) is 13.6. The predicted octanol–water partition coefficient (Wildman–Crippen LogP) is 5.41. The zero-order valence-electron chi connectivity index (χ0n) is 13.6. The molecule has 1 rings (SSSR count). The molecular weight excluding hydrogens is 341 g/mol. The fourth-order valence-corrected chi connectivity index (χ4v) is 2.18. The number of alkyl halides is 7. The smallest absolute Gasteiger partial charge is 0.385 e. The Morgan fingerprint density at radius 3 is 1.46 bits per heavy atom. The summed E-state index contributed by atoms with van der Waals surface area (Å²) in [6, 6.07) is 5.48. The molecule has 0 spiro atoms. The van der Waals surface area contributed by atoms with Gasteiger partial charge in [0.15, 0.2) is 0 Å². The van der Waals surface area contributed by atoms with Crippen LogP contribution < -0.4 is 0 Å². The minimum Gasteiger partial charge on any atom is -0.385 e. The first-order valence-electron chi connectivity index (χ1n) is 7.07. The van der Waals surface area contributed by atoms with Gasteiger partial charge in [0.2, 0.25) is 0 Å². The van der Waals surface area contributed by atoms with E-state index in [4.69, 9.17) is 0 Å². The molecule has 1 atom stereocenters. The molecule has 8 heteroatoms. The van der Waals surface area contributed by atoms with Crippen LogP contribution in [-0.4, -0.2) is 23.1 Å². The third-order valence-electron chi connectivity index (χ3n) is 3.75. The van der Waals surface area contributed by atoms with Crippen molar-refractivity contribution in [1.82, 2.24) is 0 Å². The van der Waals surface area contributed by atoms with E-state index in [9.17, 15) is 35.8 Å². The SMILES string of the molecule is CC(C)(C)c1ccc(C(C)(O)CC(F)(F)C(F)(F)C(F)(F)F)cc1. The summed E-state index contributed by atoms with van der Waals surface area (Å²) >= 11 is 0. The number of aliphatic hydroxyl groups is 1. The summed E-state index contributed by atoms with van der Waals surface area (Å²) in [5.41, 5.74) is -2.23. The molecule has 0 aliphatic rings. The average Bonchev–Trinajstić information content (AvgIpc) is 2.35. The average molecular weight is 360 g/mol. The quantitative estimate of drug-likeness (QED) is 0.712. The fourth-order valence-electron chi connectivity index (χ4n) is 2.18. The topological polar surface area (TPSA) is 20.2 Å². The van der Waals surface area contributed by atoms with Gasteiger partial charge in [0, 0.05) is 0 Å². The maximum absolute atomic E-state index is 13.5. The van der Waals surface area contributed by atoms with Crippen LogP contribution in [0.25, 0.3) is 0 Å². The van der Waals surface area contributed by atoms with E-state index in [1.165, 1.54) is 24.3 Å². The van der Waals surface area contributed by atoms with Crippen LogP contribution in [0, 0.1) is 0 Å². The second-order valence-electron chi connectivity index (χ2n) is 7.05. The standard InChI is InChI=1S/C16H19F7O/c1-12(2,3)10-5-7-11(8-6-10)13(4,24)9-14(17,18)15(19,20)16(21,22)23/h5-8,24H,9H2,1-4H3. The molecule has 0 saturated carbocycles. The number of hydrogen-bond acceptors (Lipinski definition) is 1. The zero-order chi connectivity index (χ0) is 19.2. The van der Waals surface area contributed by atoms with Crippen molar-refractivity contribution >= 4 is 0 Å². The maximum atomic E-state index is 13.5. The number of halogens is 7. The van der Waals surface area contributed by atoms with Crippen LogP contribution in [0.15, 0.2) is 24.3 Å². The summed E-state index contributed by atoms with van der Waals surface area (Å²) < 4.78 is 89.5. The third-order valence-corrected chi connectivity index (χ3v) is 3.75. The van der Waals surface area contributed by atoms with Crippen molar-refractivity contribution in [2.45, 2.75) is 63.2 Å². The Balaban J connectivity index is 3.13. The van der Waals surface area contributed by atoms with Gasteiger partial charge in [-0.05, 0) is 23.5 Å². The molecule has 0 radical (unpaired) electrons. The summed E-state index contributed by atoms with van der Waals surface area (Å²) in [5.74, 6) is -11.7. The summed E-state index contributed by atoms with van der Waals surface area (Å²) in [6.45, 7) is 6.40. The maximum Gasteiger partial charge on any atom is 0.459 e. The largest absolute Gasteiger partial charge is 0.459 e. The highest BCUT2D eigenvalue weighted by Crippen LogP contribution is 2.50. The molecule has 24 heavy (non-hydrogen) atoms. The molecule has 0 bridgehead atoms. The van der Waals surface area contributed by atoms with Gasteiger partial charge in [0.1, 0.15) is 0 Å². The van der Waals surface area contributed by atoms with Crippen LogP contribution in [0.1, 0.15) is 45.2 Å². The van der Waals surface area contributed by atoms with E-state index in [2.05, 4.69) is 0 Å². The Labute approximate surface area is 135 Å². The van der Waals surface area contributed by atoms with Crippen molar-refractivity contribution in [3.63, 3.8) is 0 Å². The molecule has 0 saturated heterocycles. The minimum absolute atomic E-state index is 0.173. The molecule has 1 N–H and O–H groups in total. The van der Waals surface area contributed by atoms with E-state index in [0.29, 0.717) is 0 Å². The molecule has 0 heterocycles. The van der Waals surface area contributed by atoms with Gasteiger partial charge in [0.25, 0.3) is 0 Å². The van der Waals surface area contributed by atoms with E-state index in [1.807, 2.05) is 20.8 Å². The van der Waals surface area contributed by atoms with Crippen molar-refractivity contribution in [2.24, 2.45) is 0 Å². The van der Waals surface area contributed by atoms with Crippen molar-refractivity contribution in [3.05, 3.63) is 35.4 Å². The van der Waals surface area contributed by atoms with E-state index < -0.39 is 30.0 Å². The monoisotopic (exact) mass is 360 g/mol. The Kier molecular flexibility index (Phi) is 5.09. The predicted molar refractivity (Wildman–Crippen MR) is 75.3 cm³/mol. The Hall–Kier alpha value is -1.31. The van der Waals surface area contributed by atoms with Crippen LogP contribution in [0.3, 0.4) is 0 Å². The highest BCUT2D eigenvalue weighted by atomic mass is 19.4. The molecule has 0 fully saturated rings. The lowest BCUT2D eigenvalue weighted by molar-refractivity contribution is -0.361. The van der Waals surface area contributed by atoms with Crippen LogP contribution in [0.5, 0.6) is 0 Å². The summed E-state index contributed by atoms with van der Waals surface area (Å²) in [7, 11) is 0. The van der Waals surface area contributed by atoms with E-state index in [0.717, 1.165) is 12.5 Å².